The Hall–Kier alpha value is -0.00610. The van der Waals surface area contributed by atoms with Gasteiger partial charge in [0, 0.05) is 38.3 Å². The van der Waals surface area contributed by atoms with E-state index in [-0.39, 0.29) is 53.3 Å². The van der Waals surface area contributed by atoms with Gasteiger partial charge in [0.05, 0.1) is 0 Å². The molecule has 0 bridgehead atoms. The van der Waals surface area contributed by atoms with E-state index in [0.717, 1.165) is 5.56 Å². The fourth-order valence-corrected chi connectivity index (χ4v) is 0.673. The molecule has 0 N–H and O–H groups in total. The Kier molecular flexibility index (Phi) is 26.1. The van der Waals surface area contributed by atoms with Crippen LogP contribution in [0.25, 0.3) is 0 Å². The van der Waals surface area contributed by atoms with Crippen LogP contribution in [0, 0.1) is 14.9 Å². The summed E-state index contributed by atoms with van der Waals surface area (Å²) in [4.78, 5) is 10.6. The van der Waals surface area contributed by atoms with Crippen molar-refractivity contribution < 1.29 is 37.5 Å². The molecule has 0 unspecified atom stereocenters. The summed E-state index contributed by atoms with van der Waals surface area (Å²) in [5.74, 6) is 0.121. The van der Waals surface area contributed by atoms with Crippen LogP contribution in [0.5, 0.6) is 0 Å². The zero-order valence-electron chi connectivity index (χ0n) is 9.87. The number of Topliss-reactive ketones (excluding diaryl/α,β-unsaturated/α-hetero) is 1. The van der Waals surface area contributed by atoms with Gasteiger partial charge in [-0.2, -0.15) is 0 Å². The average Bonchev–Trinajstić information content (AvgIpc) is 2.10. The Balaban J connectivity index is -0.0000000942. The molecule has 1 rings (SSSR count). The second kappa shape index (κ2) is 15.5. The summed E-state index contributed by atoms with van der Waals surface area (Å²) in [6.07, 6.45) is 0. The van der Waals surface area contributed by atoms with E-state index < -0.39 is 0 Å². The van der Waals surface area contributed by atoms with E-state index in [0.29, 0.717) is 0 Å². The number of carbonyl (C=O) groups is 1. The van der Waals surface area contributed by atoms with Crippen LogP contribution in [0.4, 0.5) is 0 Å². The Morgan fingerprint density at radius 1 is 1.00 bits per heavy atom. The van der Waals surface area contributed by atoms with Gasteiger partial charge in [-0.05, 0) is 6.92 Å². The summed E-state index contributed by atoms with van der Waals surface area (Å²) in [7, 11) is 0. The van der Waals surface area contributed by atoms with Gasteiger partial charge in [-0.1, -0.05) is 44.2 Å². The van der Waals surface area contributed by atoms with E-state index in [1.165, 1.54) is 0 Å². The van der Waals surface area contributed by atoms with Crippen LogP contribution in [0.15, 0.2) is 30.3 Å². The van der Waals surface area contributed by atoms with Gasteiger partial charge in [0.15, 0.2) is 5.78 Å². The first kappa shape index (κ1) is 23.7. The van der Waals surface area contributed by atoms with E-state index in [2.05, 4.69) is 0 Å². The molecule has 0 fully saturated rings. The van der Waals surface area contributed by atoms with Crippen molar-refractivity contribution in [2.75, 3.05) is 0 Å². The van der Waals surface area contributed by atoms with E-state index in [4.69, 9.17) is 0 Å². The van der Waals surface area contributed by atoms with Crippen molar-refractivity contribution in [1.82, 2.24) is 0 Å². The summed E-state index contributed by atoms with van der Waals surface area (Å²) < 4.78 is 0. The molecular formula is C12H20OY-2. The van der Waals surface area contributed by atoms with Crippen LogP contribution in [0.2, 0.25) is 0 Å². The van der Waals surface area contributed by atoms with Crippen molar-refractivity contribution in [3.05, 3.63) is 50.7 Å². The number of carbonyl (C=O) groups excluding carboxylic acids is 1. The second-order valence-corrected chi connectivity index (χ2v) is 1.92. The normalized spacial score (nSPS) is 6.21. The Labute approximate surface area is 114 Å². The molecule has 2 heteroatoms. The van der Waals surface area contributed by atoms with Gasteiger partial charge in [0.2, 0.25) is 0 Å². The molecular weight excluding hydrogens is 249 g/mol. The van der Waals surface area contributed by atoms with Crippen molar-refractivity contribution >= 4 is 5.78 Å². The molecule has 0 amide bonds. The van der Waals surface area contributed by atoms with Crippen molar-refractivity contribution in [2.45, 2.75) is 20.8 Å². The molecule has 0 heterocycles. The van der Waals surface area contributed by atoms with Gasteiger partial charge in [-0.3, -0.25) is 4.79 Å². The standard InChI is InChI=1S/C8H8O.C2H6.2CH3.Y/c1-7(9)8-5-3-2-4-6-8;1-2;;;/h2-6H,1H3;1-2H3;2*1H3;/q;;2*-1;. The number of ketones is 1. The third kappa shape index (κ3) is 10.1. The molecule has 0 aromatic heterocycles. The Bertz CT molecular complexity index is 207. The number of benzene rings is 1. The third-order valence-corrected chi connectivity index (χ3v) is 1.18. The quantitative estimate of drug-likeness (QED) is 0.559. The molecule has 1 nitrogen and oxygen atoms in total. The molecule has 0 spiro atoms. The monoisotopic (exact) mass is 269 g/mol. The fourth-order valence-electron chi connectivity index (χ4n) is 0.673. The Morgan fingerprint density at radius 3 is 1.57 bits per heavy atom. The van der Waals surface area contributed by atoms with Crippen LogP contribution >= 0.6 is 0 Å². The molecule has 1 aromatic rings. The molecule has 0 aliphatic heterocycles. The maximum absolute atomic E-state index is 10.6. The van der Waals surface area contributed by atoms with E-state index >= 15 is 0 Å². The smallest absolute Gasteiger partial charge is 0.159 e. The first-order valence-electron chi connectivity index (χ1n) is 3.86. The van der Waals surface area contributed by atoms with E-state index in [9.17, 15) is 4.79 Å². The zero-order chi connectivity index (χ0) is 8.69. The van der Waals surface area contributed by atoms with Crippen LogP contribution in [-0.2, 0) is 32.7 Å². The SMILES string of the molecule is CC.CC(=O)c1ccccc1.[CH3-].[CH3-].[Y]. The zero-order valence-corrected chi connectivity index (χ0v) is 12.7. The predicted molar refractivity (Wildman–Crippen MR) is 60.6 cm³/mol. The minimum atomic E-state index is 0. The summed E-state index contributed by atoms with van der Waals surface area (Å²) in [5, 5.41) is 0. The van der Waals surface area contributed by atoms with Gasteiger partial charge < -0.3 is 14.9 Å². The fraction of sp³-hybridized carbons (Fsp3) is 0.250. The first-order chi connectivity index (χ1) is 5.30. The van der Waals surface area contributed by atoms with Gasteiger partial charge in [-0.25, -0.2) is 0 Å². The number of hydrogen-bond acceptors (Lipinski definition) is 1. The molecule has 79 valence electrons. The van der Waals surface area contributed by atoms with Crippen LogP contribution in [0.3, 0.4) is 0 Å². The maximum Gasteiger partial charge on any atom is 0.159 e. The largest absolute Gasteiger partial charge is 0.358 e. The second-order valence-electron chi connectivity index (χ2n) is 1.92. The molecule has 0 saturated heterocycles. The van der Waals surface area contributed by atoms with Gasteiger partial charge in [-0.15, -0.1) is 0 Å². The van der Waals surface area contributed by atoms with Crippen molar-refractivity contribution in [1.29, 1.82) is 0 Å². The van der Waals surface area contributed by atoms with Gasteiger partial charge in [0.1, 0.15) is 0 Å². The topological polar surface area (TPSA) is 17.1 Å². The van der Waals surface area contributed by atoms with E-state index in [1.807, 2.05) is 44.2 Å². The van der Waals surface area contributed by atoms with Gasteiger partial charge >= 0.3 is 0 Å². The Morgan fingerprint density at radius 2 is 1.36 bits per heavy atom. The van der Waals surface area contributed by atoms with Crippen LogP contribution in [-0.4, -0.2) is 5.78 Å². The molecule has 0 aliphatic carbocycles. The molecule has 1 radical (unpaired) electrons. The summed E-state index contributed by atoms with van der Waals surface area (Å²) in [6, 6.07) is 9.23. The van der Waals surface area contributed by atoms with Crippen LogP contribution < -0.4 is 0 Å². The first-order valence-corrected chi connectivity index (χ1v) is 3.86. The summed E-state index contributed by atoms with van der Waals surface area (Å²) in [6.45, 7) is 5.56. The number of hydrogen-bond donors (Lipinski definition) is 0. The molecule has 0 atom stereocenters. The van der Waals surface area contributed by atoms with Crippen molar-refractivity contribution in [2.24, 2.45) is 0 Å². The minimum absolute atomic E-state index is 0. The third-order valence-electron chi connectivity index (χ3n) is 1.18. The van der Waals surface area contributed by atoms with Gasteiger partial charge in [0.25, 0.3) is 0 Å². The summed E-state index contributed by atoms with van der Waals surface area (Å²) in [5.41, 5.74) is 0.775. The summed E-state index contributed by atoms with van der Waals surface area (Å²) >= 11 is 0. The minimum Gasteiger partial charge on any atom is -0.358 e. The predicted octanol–water partition coefficient (Wildman–Crippen LogP) is 3.81. The molecule has 0 aliphatic rings. The van der Waals surface area contributed by atoms with E-state index in [1.54, 1.807) is 6.92 Å². The molecule has 0 saturated carbocycles. The maximum atomic E-state index is 10.6. The average molecular weight is 269 g/mol. The van der Waals surface area contributed by atoms with Crippen molar-refractivity contribution in [3.8, 4) is 0 Å². The molecule has 14 heavy (non-hydrogen) atoms. The molecule has 1 aromatic carbocycles. The van der Waals surface area contributed by atoms with Crippen molar-refractivity contribution in [3.63, 3.8) is 0 Å². The number of rotatable bonds is 1. The van der Waals surface area contributed by atoms with Crippen LogP contribution in [0.1, 0.15) is 31.1 Å².